The Bertz CT molecular complexity index is 297. The smallest absolute Gasteiger partial charge is 0.443 e. The fraction of sp³-hybridized carbons (Fsp3) is 0.625. The number of aliphatic hydroxyl groups excluding tert-OH is 1. The van der Waals surface area contributed by atoms with Gasteiger partial charge < -0.3 is 15.4 Å². The maximum Gasteiger partial charge on any atom is 0.443 e. The Labute approximate surface area is 81.1 Å². The molecule has 6 nitrogen and oxygen atoms in total. The lowest BCUT2D eigenvalue weighted by molar-refractivity contribution is -0.152. The van der Waals surface area contributed by atoms with Crippen LogP contribution >= 0.6 is 0 Å². The quantitative estimate of drug-likeness (QED) is 0.219. The second kappa shape index (κ2) is 4.64. The third-order valence-electron chi connectivity index (χ3n) is 1.10. The second-order valence-electron chi connectivity index (χ2n) is 3.53. The van der Waals surface area contributed by atoms with Crippen LogP contribution in [0.5, 0.6) is 0 Å². The van der Waals surface area contributed by atoms with Gasteiger partial charge in [0.25, 0.3) is 5.78 Å². The van der Waals surface area contributed by atoms with Gasteiger partial charge in [-0.1, -0.05) is 0 Å². The van der Waals surface area contributed by atoms with E-state index in [4.69, 9.17) is 15.4 Å². The Balaban J connectivity index is 4.68. The van der Waals surface area contributed by atoms with Gasteiger partial charge in [0.05, 0.1) is 0 Å². The number of ketones is 1. The van der Waals surface area contributed by atoms with Gasteiger partial charge in [0.15, 0.2) is 0 Å². The SMILES string of the molecule is CC(C)(C)OC(=O)C(=[N+]=[N-])C(=O)CO. The molecular weight excluding hydrogens is 188 g/mol. The molecule has 0 aromatic heterocycles. The average molecular weight is 200 g/mol. The van der Waals surface area contributed by atoms with E-state index in [1.54, 1.807) is 20.8 Å². The molecule has 0 aliphatic rings. The summed E-state index contributed by atoms with van der Waals surface area (Å²) in [6.45, 7) is 3.90. The fourth-order valence-electron chi connectivity index (χ4n) is 0.612. The van der Waals surface area contributed by atoms with Crippen LogP contribution in [0.1, 0.15) is 20.8 Å². The molecule has 0 radical (unpaired) electrons. The zero-order valence-electron chi connectivity index (χ0n) is 8.27. The van der Waals surface area contributed by atoms with Gasteiger partial charge in [-0.2, -0.15) is 4.79 Å². The van der Waals surface area contributed by atoms with Crippen molar-refractivity contribution < 1.29 is 24.2 Å². The zero-order valence-corrected chi connectivity index (χ0v) is 8.27. The number of carbonyl (C=O) groups is 2. The molecule has 0 aromatic rings. The molecule has 0 unspecified atom stereocenters. The van der Waals surface area contributed by atoms with Crippen molar-refractivity contribution in [3.63, 3.8) is 0 Å². The molecule has 0 aliphatic carbocycles. The van der Waals surface area contributed by atoms with Gasteiger partial charge in [-0.25, -0.2) is 4.79 Å². The van der Waals surface area contributed by atoms with Gasteiger partial charge in [0, 0.05) is 0 Å². The van der Waals surface area contributed by atoms with E-state index < -0.39 is 29.7 Å². The Morgan fingerprint density at radius 2 is 1.93 bits per heavy atom. The fourth-order valence-corrected chi connectivity index (χ4v) is 0.612. The van der Waals surface area contributed by atoms with Crippen molar-refractivity contribution in [2.45, 2.75) is 26.4 Å². The predicted octanol–water partition coefficient (Wildman–Crippen LogP) is -0.440. The molecule has 0 spiro atoms. The first-order valence-corrected chi connectivity index (χ1v) is 3.91. The average Bonchev–Trinajstić information content (AvgIpc) is 2.01. The van der Waals surface area contributed by atoms with E-state index in [0.717, 1.165) is 0 Å². The largest absolute Gasteiger partial charge is 0.451 e. The second-order valence-corrected chi connectivity index (χ2v) is 3.53. The van der Waals surface area contributed by atoms with Crippen molar-refractivity contribution >= 4 is 17.5 Å². The molecule has 0 bridgehead atoms. The van der Waals surface area contributed by atoms with E-state index in [1.165, 1.54) is 0 Å². The van der Waals surface area contributed by atoms with E-state index in [-0.39, 0.29) is 0 Å². The summed E-state index contributed by atoms with van der Waals surface area (Å²) in [6, 6.07) is 0. The third-order valence-corrected chi connectivity index (χ3v) is 1.10. The Morgan fingerprint density at radius 1 is 1.43 bits per heavy atom. The van der Waals surface area contributed by atoms with E-state index in [9.17, 15) is 9.59 Å². The Kier molecular flexibility index (Phi) is 4.14. The summed E-state index contributed by atoms with van der Waals surface area (Å²) >= 11 is 0. The topological polar surface area (TPSA) is 100 Å². The summed E-state index contributed by atoms with van der Waals surface area (Å²) in [5.74, 6) is -2.04. The molecule has 0 aliphatic heterocycles. The number of rotatable bonds is 3. The van der Waals surface area contributed by atoms with Crippen molar-refractivity contribution in [1.82, 2.24) is 0 Å². The van der Waals surface area contributed by atoms with Gasteiger partial charge in [-0.05, 0) is 20.8 Å². The molecule has 0 aromatic carbocycles. The Hall–Kier alpha value is -1.52. The number of ether oxygens (including phenoxy) is 1. The van der Waals surface area contributed by atoms with Gasteiger partial charge in [-0.15, -0.1) is 0 Å². The molecule has 6 heteroatoms. The van der Waals surface area contributed by atoms with Crippen LogP contribution in [0.15, 0.2) is 0 Å². The normalized spacial score (nSPS) is 10.3. The molecule has 0 rings (SSSR count). The first-order chi connectivity index (χ1) is 6.31. The maximum atomic E-state index is 11.1. The van der Waals surface area contributed by atoms with Crippen LogP contribution in [0.2, 0.25) is 0 Å². The van der Waals surface area contributed by atoms with E-state index in [0.29, 0.717) is 0 Å². The molecule has 1 N–H and O–H groups in total. The number of esters is 1. The first kappa shape index (κ1) is 12.5. The Morgan fingerprint density at radius 3 is 2.21 bits per heavy atom. The highest BCUT2D eigenvalue weighted by Gasteiger charge is 2.33. The van der Waals surface area contributed by atoms with Crippen LogP contribution in [0.3, 0.4) is 0 Å². The van der Waals surface area contributed by atoms with Crippen LogP contribution < -0.4 is 0 Å². The third kappa shape index (κ3) is 3.93. The van der Waals surface area contributed by atoms with Gasteiger partial charge in [-0.3, -0.25) is 4.79 Å². The summed E-state index contributed by atoms with van der Waals surface area (Å²) in [5, 5.41) is 8.43. The van der Waals surface area contributed by atoms with E-state index >= 15 is 0 Å². The lowest BCUT2D eigenvalue weighted by Crippen LogP contribution is -2.35. The molecule has 0 saturated heterocycles. The van der Waals surface area contributed by atoms with Crippen molar-refractivity contribution in [2.75, 3.05) is 6.61 Å². The molecule has 0 atom stereocenters. The number of nitrogens with zero attached hydrogens (tertiary/aromatic N) is 2. The van der Waals surface area contributed by atoms with Crippen LogP contribution in [-0.2, 0) is 14.3 Å². The molecule has 78 valence electrons. The highest BCUT2D eigenvalue weighted by molar-refractivity contribution is 6.62. The van der Waals surface area contributed by atoms with E-state index in [2.05, 4.69) is 4.79 Å². The highest BCUT2D eigenvalue weighted by atomic mass is 16.6. The molecule has 0 saturated carbocycles. The summed E-state index contributed by atoms with van der Waals surface area (Å²) in [7, 11) is 0. The molecule has 0 heterocycles. The summed E-state index contributed by atoms with van der Waals surface area (Å²) in [5.41, 5.74) is 6.76. The van der Waals surface area contributed by atoms with Crippen molar-refractivity contribution in [1.29, 1.82) is 0 Å². The number of hydrogen-bond acceptors (Lipinski definition) is 4. The van der Waals surface area contributed by atoms with Crippen LogP contribution in [-0.4, -0.2) is 39.6 Å². The van der Waals surface area contributed by atoms with E-state index in [1.807, 2.05) is 0 Å². The van der Waals surface area contributed by atoms with Crippen LogP contribution in [0, 0.1) is 0 Å². The van der Waals surface area contributed by atoms with Gasteiger partial charge in [0.1, 0.15) is 12.2 Å². The lowest BCUT2D eigenvalue weighted by Gasteiger charge is -2.17. The zero-order chi connectivity index (χ0) is 11.4. The molecular formula is C8H12N2O4. The number of carbonyl (C=O) groups excluding carboxylic acids is 2. The van der Waals surface area contributed by atoms with Crippen molar-refractivity contribution in [2.24, 2.45) is 0 Å². The monoisotopic (exact) mass is 200 g/mol. The maximum absolute atomic E-state index is 11.1. The number of hydrogen-bond donors (Lipinski definition) is 1. The minimum absolute atomic E-state index is 0.789. The standard InChI is InChI=1S/C8H12N2O4/c1-8(2,3)14-7(13)6(10-9)5(12)4-11/h11H,4H2,1-3H3. The van der Waals surface area contributed by atoms with Crippen LogP contribution in [0.25, 0.3) is 5.53 Å². The molecule has 0 amide bonds. The summed E-state index contributed by atoms with van der Waals surface area (Å²) in [4.78, 5) is 24.4. The molecule has 0 fully saturated rings. The minimum atomic E-state index is -1.06. The molecule has 14 heavy (non-hydrogen) atoms. The number of Topliss-reactive ketones (excluding diaryl/α,β-unsaturated/α-hetero) is 1. The predicted molar refractivity (Wildman–Crippen MR) is 46.6 cm³/mol. The summed E-state index contributed by atoms with van der Waals surface area (Å²) in [6.07, 6.45) is 0. The highest BCUT2D eigenvalue weighted by Crippen LogP contribution is 2.07. The minimum Gasteiger partial charge on any atom is -0.451 e. The lowest BCUT2D eigenvalue weighted by atomic mass is 10.2. The summed E-state index contributed by atoms with van der Waals surface area (Å²) < 4.78 is 4.75. The van der Waals surface area contributed by atoms with Gasteiger partial charge in [0.2, 0.25) is 0 Å². The van der Waals surface area contributed by atoms with Crippen molar-refractivity contribution in [3.05, 3.63) is 5.53 Å². The first-order valence-electron chi connectivity index (χ1n) is 3.91. The number of aliphatic hydroxyl groups is 1. The van der Waals surface area contributed by atoms with Crippen molar-refractivity contribution in [3.8, 4) is 0 Å². The van der Waals surface area contributed by atoms with Gasteiger partial charge >= 0.3 is 11.7 Å². The van der Waals surface area contributed by atoms with Crippen LogP contribution in [0.4, 0.5) is 0 Å².